The maximum atomic E-state index is 12.6. The Bertz CT molecular complexity index is 653. The first-order valence-corrected chi connectivity index (χ1v) is 6.68. The van der Waals surface area contributed by atoms with Crippen LogP contribution < -0.4 is 0 Å². The summed E-state index contributed by atoms with van der Waals surface area (Å²) < 4.78 is 1.75. The molecule has 2 aromatic heterocycles. The van der Waals surface area contributed by atoms with Crippen LogP contribution in [0.4, 0.5) is 0 Å². The number of amides is 1. The molecule has 1 saturated heterocycles. The van der Waals surface area contributed by atoms with E-state index in [1.165, 1.54) is 0 Å². The van der Waals surface area contributed by atoms with E-state index in [1.54, 1.807) is 4.68 Å². The maximum Gasteiger partial charge on any atom is 0.254 e. The van der Waals surface area contributed by atoms with Gasteiger partial charge in [0, 0.05) is 25.8 Å². The summed E-state index contributed by atoms with van der Waals surface area (Å²) >= 11 is 0. The number of aryl methyl sites for hydroxylation is 3. The highest BCUT2D eigenvalue weighted by Gasteiger charge is 2.24. The van der Waals surface area contributed by atoms with E-state index in [2.05, 4.69) is 10.1 Å². The van der Waals surface area contributed by atoms with Gasteiger partial charge >= 0.3 is 0 Å². The van der Waals surface area contributed by atoms with Crippen LogP contribution in [0.15, 0.2) is 6.07 Å². The Morgan fingerprint density at radius 2 is 1.95 bits per heavy atom. The molecule has 0 unspecified atom stereocenters. The monoisotopic (exact) mass is 258 g/mol. The lowest BCUT2D eigenvalue weighted by Gasteiger charge is -2.16. The Morgan fingerprint density at radius 1 is 1.26 bits per heavy atom. The first-order valence-electron chi connectivity index (χ1n) is 6.68. The van der Waals surface area contributed by atoms with Crippen molar-refractivity contribution in [3.8, 4) is 0 Å². The van der Waals surface area contributed by atoms with Crippen molar-refractivity contribution in [1.29, 1.82) is 0 Å². The van der Waals surface area contributed by atoms with Gasteiger partial charge in [0.2, 0.25) is 0 Å². The zero-order valence-corrected chi connectivity index (χ0v) is 11.6. The minimum atomic E-state index is 0.115. The van der Waals surface area contributed by atoms with E-state index < -0.39 is 0 Å². The average Bonchev–Trinajstić information content (AvgIpc) is 2.98. The second-order valence-electron chi connectivity index (χ2n) is 5.22. The van der Waals surface area contributed by atoms with Crippen molar-refractivity contribution in [2.24, 2.45) is 7.05 Å². The molecule has 0 spiro atoms. The standard InChI is InChI=1S/C14H18N4O/c1-9-8-11(14(19)18-6-4-5-7-18)12-10(2)16-17(3)13(12)15-9/h8H,4-7H2,1-3H3. The van der Waals surface area contributed by atoms with E-state index in [9.17, 15) is 4.79 Å². The molecule has 0 radical (unpaired) electrons. The summed E-state index contributed by atoms with van der Waals surface area (Å²) in [5.74, 6) is 0.115. The van der Waals surface area contributed by atoms with Gasteiger partial charge < -0.3 is 4.90 Å². The van der Waals surface area contributed by atoms with Crippen LogP contribution in [0.3, 0.4) is 0 Å². The van der Waals surface area contributed by atoms with Crippen LogP contribution in [0.2, 0.25) is 0 Å². The number of nitrogens with zero attached hydrogens (tertiary/aromatic N) is 4. The molecule has 1 aliphatic heterocycles. The number of pyridine rings is 1. The molecule has 100 valence electrons. The van der Waals surface area contributed by atoms with E-state index in [-0.39, 0.29) is 5.91 Å². The first kappa shape index (κ1) is 12.1. The Balaban J connectivity index is 2.19. The zero-order valence-electron chi connectivity index (χ0n) is 11.6. The van der Waals surface area contributed by atoms with Crippen molar-refractivity contribution in [3.63, 3.8) is 0 Å². The molecule has 1 fully saturated rings. The minimum Gasteiger partial charge on any atom is -0.339 e. The van der Waals surface area contributed by atoms with Crippen molar-refractivity contribution in [2.45, 2.75) is 26.7 Å². The number of hydrogen-bond acceptors (Lipinski definition) is 3. The molecule has 5 nitrogen and oxygen atoms in total. The molecule has 19 heavy (non-hydrogen) atoms. The predicted octanol–water partition coefficient (Wildman–Crippen LogP) is 1.82. The fraction of sp³-hybridized carbons (Fsp3) is 0.500. The Hall–Kier alpha value is -1.91. The van der Waals surface area contributed by atoms with Gasteiger partial charge in [-0.15, -0.1) is 0 Å². The van der Waals surface area contributed by atoms with Crippen LogP contribution in [0.25, 0.3) is 11.0 Å². The Labute approximate surface area is 112 Å². The molecule has 1 aliphatic rings. The van der Waals surface area contributed by atoms with E-state index in [0.29, 0.717) is 0 Å². The largest absolute Gasteiger partial charge is 0.339 e. The number of rotatable bonds is 1. The molecule has 0 N–H and O–H groups in total. The Morgan fingerprint density at radius 3 is 2.63 bits per heavy atom. The van der Waals surface area contributed by atoms with Gasteiger partial charge in [0.05, 0.1) is 16.6 Å². The summed E-state index contributed by atoms with van der Waals surface area (Å²) in [6.07, 6.45) is 2.20. The third-order valence-corrected chi connectivity index (χ3v) is 3.72. The van der Waals surface area contributed by atoms with Gasteiger partial charge in [-0.1, -0.05) is 0 Å². The van der Waals surface area contributed by atoms with Gasteiger partial charge in [-0.25, -0.2) is 4.98 Å². The van der Waals surface area contributed by atoms with Gasteiger partial charge in [-0.2, -0.15) is 5.10 Å². The maximum absolute atomic E-state index is 12.6. The number of aromatic nitrogens is 3. The highest BCUT2D eigenvalue weighted by molar-refractivity contribution is 6.06. The third kappa shape index (κ3) is 1.89. The van der Waals surface area contributed by atoms with Crippen molar-refractivity contribution >= 4 is 16.9 Å². The smallest absolute Gasteiger partial charge is 0.254 e. The molecular formula is C14H18N4O. The van der Waals surface area contributed by atoms with Crippen molar-refractivity contribution in [1.82, 2.24) is 19.7 Å². The zero-order chi connectivity index (χ0) is 13.6. The second-order valence-corrected chi connectivity index (χ2v) is 5.22. The molecule has 2 aromatic rings. The number of fused-ring (bicyclic) bond motifs is 1. The summed E-state index contributed by atoms with van der Waals surface area (Å²) in [6, 6.07) is 1.89. The highest BCUT2D eigenvalue weighted by atomic mass is 16.2. The van der Waals surface area contributed by atoms with Gasteiger partial charge in [0.1, 0.15) is 0 Å². The van der Waals surface area contributed by atoms with E-state index in [0.717, 1.165) is 53.9 Å². The Kier molecular flexibility index (Phi) is 2.77. The number of carbonyl (C=O) groups is 1. The van der Waals surface area contributed by atoms with Crippen LogP contribution in [0, 0.1) is 13.8 Å². The fourth-order valence-corrected chi connectivity index (χ4v) is 2.83. The molecule has 1 amide bonds. The second kappa shape index (κ2) is 4.33. The van der Waals surface area contributed by atoms with Gasteiger partial charge in [0.15, 0.2) is 5.65 Å². The van der Waals surface area contributed by atoms with Gasteiger partial charge in [-0.3, -0.25) is 9.48 Å². The van der Waals surface area contributed by atoms with Crippen LogP contribution in [0.5, 0.6) is 0 Å². The van der Waals surface area contributed by atoms with Crippen LogP contribution >= 0.6 is 0 Å². The number of carbonyl (C=O) groups excluding carboxylic acids is 1. The van der Waals surface area contributed by atoms with E-state index in [1.807, 2.05) is 31.9 Å². The van der Waals surface area contributed by atoms with Crippen LogP contribution in [-0.4, -0.2) is 38.7 Å². The van der Waals surface area contributed by atoms with Crippen LogP contribution in [0.1, 0.15) is 34.6 Å². The van der Waals surface area contributed by atoms with Crippen molar-refractivity contribution < 1.29 is 4.79 Å². The first-order chi connectivity index (χ1) is 9.08. The molecule has 0 atom stereocenters. The minimum absolute atomic E-state index is 0.115. The summed E-state index contributed by atoms with van der Waals surface area (Å²) in [5, 5.41) is 5.28. The predicted molar refractivity (Wildman–Crippen MR) is 73.1 cm³/mol. The molecule has 5 heteroatoms. The van der Waals surface area contributed by atoms with Gasteiger partial charge in [0.25, 0.3) is 5.91 Å². The van der Waals surface area contributed by atoms with E-state index in [4.69, 9.17) is 0 Å². The van der Waals surface area contributed by atoms with E-state index >= 15 is 0 Å². The fourth-order valence-electron chi connectivity index (χ4n) is 2.83. The summed E-state index contributed by atoms with van der Waals surface area (Å²) in [5.41, 5.74) is 3.26. The summed E-state index contributed by atoms with van der Waals surface area (Å²) in [6.45, 7) is 5.57. The molecule has 0 aromatic carbocycles. The lowest BCUT2D eigenvalue weighted by atomic mass is 10.1. The van der Waals surface area contributed by atoms with Crippen molar-refractivity contribution in [3.05, 3.63) is 23.0 Å². The average molecular weight is 258 g/mol. The van der Waals surface area contributed by atoms with Gasteiger partial charge in [-0.05, 0) is 32.8 Å². The highest BCUT2D eigenvalue weighted by Crippen LogP contribution is 2.24. The topological polar surface area (TPSA) is 51.0 Å². The molecule has 3 heterocycles. The lowest BCUT2D eigenvalue weighted by Crippen LogP contribution is -2.28. The summed E-state index contributed by atoms with van der Waals surface area (Å²) in [4.78, 5) is 19.1. The molecule has 3 rings (SSSR count). The molecular weight excluding hydrogens is 240 g/mol. The molecule has 0 bridgehead atoms. The molecule has 0 saturated carbocycles. The van der Waals surface area contributed by atoms with Crippen LogP contribution in [-0.2, 0) is 7.05 Å². The molecule has 0 aliphatic carbocycles. The summed E-state index contributed by atoms with van der Waals surface area (Å²) in [7, 11) is 1.87. The SMILES string of the molecule is Cc1cc(C(=O)N2CCCC2)c2c(C)nn(C)c2n1. The quantitative estimate of drug-likeness (QED) is 0.784. The lowest BCUT2D eigenvalue weighted by molar-refractivity contribution is 0.0794. The number of likely N-dealkylation sites (tertiary alicyclic amines) is 1. The normalized spacial score (nSPS) is 15.4. The third-order valence-electron chi connectivity index (χ3n) is 3.72. The van der Waals surface area contributed by atoms with Crippen molar-refractivity contribution in [2.75, 3.05) is 13.1 Å². The number of hydrogen-bond donors (Lipinski definition) is 0.